The molecule has 0 amide bonds. The molecule has 0 radical (unpaired) electrons. The van der Waals surface area contributed by atoms with E-state index in [1.54, 1.807) is 13.8 Å². The van der Waals surface area contributed by atoms with E-state index in [1.165, 1.54) is 12.1 Å². The molecule has 0 aliphatic heterocycles. The molecule has 1 aromatic rings. The van der Waals surface area contributed by atoms with Crippen molar-refractivity contribution in [1.82, 2.24) is 10.6 Å². The van der Waals surface area contributed by atoms with Crippen LogP contribution < -0.4 is 10.6 Å². The van der Waals surface area contributed by atoms with E-state index in [0.717, 1.165) is 12.1 Å². The Balaban J connectivity index is 2.81. The van der Waals surface area contributed by atoms with Crippen LogP contribution in [0.25, 0.3) is 0 Å². The molecule has 9 heteroatoms. The van der Waals surface area contributed by atoms with Crippen LogP contribution in [-0.2, 0) is 6.18 Å². The number of benzene rings is 1. The van der Waals surface area contributed by atoms with E-state index in [4.69, 9.17) is 0 Å². The molecule has 2 N–H and O–H groups in total. The van der Waals surface area contributed by atoms with Crippen LogP contribution in [0.1, 0.15) is 37.4 Å². The molecule has 0 fully saturated rings. The van der Waals surface area contributed by atoms with Gasteiger partial charge in [0.1, 0.15) is 0 Å². The lowest BCUT2D eigenvalue weighted by atomic mass is 10.1. The SMILES string of the molecule is CCNC(=NCCC(F)(F)F)NC(C)c1cccc(C(F)(F)F)c1. The number of hydrogen-bond acceptors (Lipinski definition) is 1. The second kappa shape index (κ2) is 8.25. The highest BCUT2D eigenvalue weighted by Gasteiger charge is 2.30. The van der Waals surface area contributed by atoms with Crippen molar-refractivity contribution in [3.63, 3.8) is 0 Å². The molecular formula is C15H19F6N3. The van der Waals surface area contributed by atoms with Gasteiger partial charge in [-0.2, -0.15) is 26.3 Å². The van der Waals surface area contributed by atoms with Crippen molar-refractivity contribution in [2.24, 2.45) is 4.99 Å². The number of rotatable bonds is 5. The summed E-state index contributed by atoms with van der Waals surface area (Å²) in [5, 5.41) is 5.57. The molecule has 0 heterocycles. The Hall–Kier alpha value is -1.93. The molecule has 0 saturated heterocycles. The van der Waals surface area contributed by atoms with Crippen molar-refractivity contribution in [3.05, 3.63) is 35.4 Å². The third-order valence-electron chi connectivity index (χ3n) is 3.08. The van der Waals surface area contributed by atoms with Gasteiger partial charge >= 0.3 is 12.4 Å². The first kappa shape index (κ1) is 20.1. The first-order valence-electron chi connectivity index (χ1n) is 7.31. The summed E-state index contributed by atoms with van der Waals surface area (Å²) < 4.78 is 74.7. The predicted octanol–water partition coefficient (Wildman–Crippen LogP) is 4.27. The quantitative estimate of drug-likeness (QED) is 0.470. The highest BCUT2D eigenvalue weighted by Crippen LogP contribution is 2.30. The van der Waals surface area contributed by atoms with Crippen LogP contribution in [0.3, 0.4) is 0 Å². The van der Waals surface area contributed by atoms with Gasteiger partial charge in [0.2, 0.25) is 0 Å². The lowest BCUT2D eigenvalue weighted by Crippen LogP contribution is -2.39. The number of nitrogens with zero attached hydrogens (tertiary/aromatic N) is 1. The Morgan fingerprint density at radius 2 is 1.83 bits per heavy atom. The normalized spacial score (nSPS) is 14.4. The first-order chi connectivity index (χ1) is 11.0. The molecule has 0 aromatic heterocycles. The monoisotopic (exact) mass is 355 g/mol. The van der Waals surface area contributed by atoms with Gasteiger partial charge in [0.05, 0.1) is 24.6 Å². The molecule has 0 aliphatic rings. The fraction of sp³-hybridized carbons (Fsp3) is 0.533. The Kier molecular flexibility index (Phi) is 6.92. The first-order valence-corrected chi connectivity index (χ1v) is 7.31. The van der Waals surface area contributed by atoms with Crippen molar-refractivity contribution in [3.8, 4) is 0 Å². The summed E-state index contributed by atoms with van der Waals surface area (Å²) in [5.41, 5.74) is -0.432. The zero-order valence-corrected chi connectivity index (χ0v) is 13.2. The van der Waals surface area contributed by atoms with Gasteiger partial charge in [-0.1, -0.05) is 12.1 Å². The molecule has 1 atom stereocenters. The molecule has 3 nitrogen and oxygen atoms in total. The minimum Gasteiger partial charge on any atom is -0.357 e. The summed E-state index contributed by atoms with van der Waals surface area (Å²) in [7, 11) is 0. The number of nitrogens with one attached hydrogen (secondary N) is 2. The van der Waals surface area contributed by atoms with Crippen LogP contribution in [0.4, 0.5) is 26.3 Å². The second-order valence-corrected chi connectivity index (χ2v) is 5.12. The highest BCUT2D eigenvalue weighted by molar-refractivity contribution is 5.80. The Labute approximate surface area is 136 Å². The maximum absolute atomic E-state index is 12.7. The van der Waals surface area contributed by atoms with Gasteiger partial charge in [-0.15, -0.1) is 0 Å². The standard InChI is InChI=1S/C15H19F6N3/c1-3-22-13(23-8-7-14(16,17)18)24-10(2)11-5-4-6-12(9-11)15(19,20)21/h4-6,9-10H,3,7-8H2,1-2H3,(H2,22,23,24). The number of alkyl halides is 6. The molecule has 1 unspecified atom stereocenters. The minimum atomic E-state index is -4.46. The molecule has 24 heavy (non-hydrogen) atoms. The number of guanidine groups is 1. The Morgan fingerprint density at radius 3 is 2.38 bits per heavy atom. The van der Waals surface area contributed by atoms with Gasteiger partial charge in [-0.3, -0.25) is 4.99 Å². The molecule has 1 rings (SSSR count). The maximum Gasteiger partial charge on any atom is 0.416 e. The number of halogens is 6. The molecule has 0 bridgehead atoms. The molecule has 136 valence electrons. The smallest absolute Gasteiger partial charge is 0.357 e. The largest absolute Gasteiger partial charge is 0.416 e. The molecule has 0 aliphatic carbocycles. The lowest BCUT2D eigenvalue weighted by molar-refractivity contribution is -0.137. The van der Waals surface area contributed by atoms with Crippen molar-refractivity contribution >= 4 is 5.96 Å². The molecule has 1 aromatic carbocycles. The Morgan fingerprint density at radius 1 is 1.17 bits per heavy atom. The fourth-order valence-electron chi connectivity index (χ4n) is 1.89. The van der Waals surface area contributed by atoms with Crippen LogP contribution in [0.15, 0.2) is 29.3 Å². The molecule has 0 spiro atoms. The van der Waals surface area contributed by atoms with Crippen molar-refractivity contribution in [2.75, 3.05) is 13.1 Å². The summed E-state index contributed by atoms with van der Waals surface area (Å²) in [6.45, 7) is 3.28. The summed E-state index contributed by atoms with van der Waals surface area (Å²) in [5.74, 6) is 0.117. The highest BCUT2D eigenvalue weighted by atomic mass is 19.4. The van der Waals surface area contributed by atoms with Gasteiger partial charge in [0.15, 0.2) is 5.96 Å². The van der Waals surface area contributed by atoms with E-state index in [2.05, 4.69) is 15.6 Å². The third kappa shape index (κ3) is 7.10. The summed E-state index contributed by atoms with van der Waals surface area (Å²) in [6.07, 6.45) is -9.84. The van der Waals surface area contributed by atoms with Crippen LogP contribution in [0, 0.1) is 0 Å². The van der Waals surface area contributed by atoms with Crippen LogP contribution in [0.2, 0.25) is 0 Å². The van der Waals surface area contributed by atoms with Crippen molar-refractivity contribution in [2.45, 2.75) is 38.7 Å². The van der Waals surface area contributed by atoms with Gasteiger partial charge < -0.3 is 10.6 Å². The average molecular weight is 355 g/mol. The van der Waals surface area contributed by atoms with Crippen LogP contribution in [0.5, 0.6) is 0 Å². The van der Waals surface area contributed by atoms with Crippen molar-refractivity contribution in [1.29, 1.82) is 0 Å². The zero-order valence-electron chi connectivity index (χ0n) is 13.2. The molecule has 0 saturated carbocycles. The fourth-order valence-corrected chi connectivity index (χ4v) is 1.89. The van der Waals surface area contributed by atoms with E-state index in [0.29, 0.717) is 12.1 Å². The second-order valence-electron chi connectivity index (χ2n) is 5.12. The predicted molar refractivity (Wildman–Crippen MR) is 79.6 cm³/mol. The summed E-state index contributed by atoms with van der Waals surface area (Å²) in [6, 6.07) is 4.18. The van der Waals surface area contributed by atoms with Gasteiger partial charge in [-0.05, 0) is 31.5 Å². The van der Waals surface area contributed by atoms with E-state index in [1.807, 2.05) is 0 Å². The summed E-state index contributed by atoms with van der Waals surface area (Å²) in [4.78, 5) is 3.79. The lowest BCUT2D eigenvalue weighted by Gasteiger charge is -2.19. The Bertz CT molecular complexity index is 551. The van der Waals surface area contributed by atoms with E-state index in [9.17, 15) is 26.3 Å². The van der Waals surface area contributed by atoms with Gasteiger partial charge in [0, 0.05) is 6.54 Å². The van der Waals surface area contributed by atoms with Gasteiger partial charge in [0.25, 0.3) is 0 Å². The number of hydrogen-bond donors (Lipinski definition) is 2. The van der Waals surface area contributed by atoms with E-state index in [-0.39, 0.29) is 5.96 Å². The van der Waals surface area contributed by atoms with Crippen LogP contribution in [-0.4, -0.2) is 25.2 Å². The topological polar surface area (TPSA) is 36.4 Å². The summed E-state index contributed by atoms with van der Waals surface area (Å²) >= 11 is 0. The zero-order chi connectivity index (χ0) is 18.4. The third-order valence-corrected chi connectivity index (χ3v) is 3.08. The maximum atomic E-state index is 12.7. The van der Waals surface area contributed by atoms with Gasteiger partial charge in [-0.25, -0.2) is 0 Å². The van der Waals surface area contributed by atoms with E-state index >= 15 is 0 Å². The van der Waals surface area contributed by atoms with Crippen molar-refractivity contribution < 1.29 is 26.3 Å². The van der Waals surface area contributed by atoms with E-state index < -0.39 is 36.9 Å². The van der Waals surface area contributed by atoms with Crippen LogP contribution >= 0.6 is 0 Å². The minimum absolute atomic E-state index is 0.117. The molecular weight excluding hydrogens is 336 g/mol. The average Bonchev–Trinajstić information content (AvgIpc) is 2.45. The number of aliphatic imine (C=N–C) groups is 1.